The number of hydrogen-bond donors (Lipinski definition) is 1. The van der Waals surface area contributed by atoms with Crippen molar-refractivity contribution >= 4 is 11.8 Å². The molecule has 5 nitrogen and oxygen atoms in total. The smallest absolute Gasteiger partial charge is 0.246 e. The van der Waals surface area contributed by atoms with E-state index in [1.807, 2.05) is 31.2 Å². The highest BCUT2D eigenvalue weighted by atomic mass is 16.5. The third kappa shape index (κ3) is 2.93. The van der Waals surface area contributed by atoms with Crippen molar-refractivity contribution < 1.29 is 14.3 Å². The molecule has 1 heterocycles. The van der Waals surface area contributed by atoms with Crippen LogP contribution in [-0.2, 0) is 16.1 Å². The third-order valence-corrected chi connectivity index (χ3v) is 3.27. The lowest BCUT2D eigenvalue weighted by atomic mass is 10.1. The number of amides is 2. The van der Waals surface area contributed by atoms with Gasteiger partial charge in [-0.1, -0.05) is 19.1 Å². The minimum absolute atomic E-state index is 0.144. The van der Waals surface area contributed by atoms with Crippen LogP contribution in [0.25, 0.3) is 0 Å². The molecule has 2 rings (SSSR count). The van der Waals surface area contributed by atoms with Gasteiger partial charge in [0.25, 0.3) is 0 Å². The summed E-state index contributed by atoms with van der Waals surface area (Å²) in [5.74, 6) is 0.438. The predicted molar refractivity (Wildman–Crippen MR) is 70.6 cm³/mol. The molecular formula is C14H18N2O3. The van der Waals surface area contributed by atoms with Crippen molar-refractivity contribution in [1.82, 2.24) is 10.2 Å². The van der Waals surface area contributed by atoms with E-state index in [4.69, 9.17) is 4.74 Å². The number of nitrogens with one attached hydrogen (secondary N) is 1. The molecule has 0 saturated carbocycles. The van der Waals surface area contributed by atoms with Gasteiger partial charge in [0.05, 0.1) is 26.2 Å². The van der Waals surface area contributed by atoms with Crippen molar-refractivity contribution in [3.05, 3.63) is 29.8 Å². The maximum Gasteiger partial charge on any atom is 0.246 e. The fourth-order valence-electron chi connectivity index (χ4n) is 2.10. The van der Waals surface area contributed by atoms with Crippen molar-refractivity contribution in [2.24, 2.45) is 0 Å². The number of carbonyl (C=O) groups excluding carboxylic acids is 2. The Hall–Kier alpha value is -1.88. The number of hydrogen-bond acceptors (Lipinski definition) is 4. The lowest BCUT2D eigenvalue weighted by Gasteiger charge is -2.31. The summed E-state index contributed by atoms with van der Waals surface area (Å²) in [5.41, 5.74) is 0.916. The maximum absolute atomic E-state index is 12.1. The highest BCUT2D eigenvalue weighted by Crippen LogP contribution is 2.15. The quantitative estimate of drug-likeness (QED) is 0.820. The van der Waals surface area contributed by atoms with E-state index in [2.05, 4.69) is 5.32 Å². The first-order chi connectivity index (χ1) is 9.15. The van der Waals surface area contributed by atoms with Gasteiger partial charge in [0.2, 0.25) is 11.8 Å². The van der Waals surface area contributed by atoms with Crippen LogP contribution >= 0.6 is 0 Å². The summed E-state index contributed by atoms with van der Waals surface area (Å²) in [6, 6.07) is 7.12. The molecule has 0 spiro atoms. The lowest BCUT2D eigenvalue weighted by Crippen LogP contribution is -2.57. The Labute approximate surface area is 112 Å². The van der Waals surface area contributed by atoms with E-state index in [-0.39, 0.29) is 24.4 Å². The number of nitrogens with zero attached hydrogens (tertiary/aromatic N) is 1. The van der Waals surface area contributed by atoms with E-state index < -0.39 is 0 Å². The van der Waals surface area contributed by atoms with Gasteiger partial charge in [0, 0.05) is 0 Å². The monoisotopic (exact) mass is 262 g/mol. The first-order valence-corrected chi connectivity index (χ1v) is 6.36. The Balaban J connectivity index is 2.10. The molecule has 1 N–H and O–H groups in total. The van der Waals surface area contributed by atoms with Crippen LogP contribution in [0.3, 0.4) is 0 Å². The Kier molecular flexibility index (Phi) is 4.16. The molecule has 1 atom stereocenters. The van der Waals surface area contributed by atoms with Crippen LogP contribution in [0.5, 0.6) is 5.75 Å². The Morgan fingerprint density at radius 2 is 2.00 bits per heavy atom. The van der Waals surface area contributed by atoms with Crippen molar-refractivity contribution in [2.75, 3.05) is 13.7 Å². The highest BCUT2D eigenvalue weighted by Gasteiger charge is 2.32. The molecule has 0 aliphatic carbocycles. The summed E-state index contributed by atoms with van der Waals surface area (Å²) >= 11 is 0. The van der Waals surface area contributed by atoms with Crippen molar-refractivity contribution in [3.63, 3.8) is 0 Å². The molecule has 0 aromatic heterocycles. The number of rotatable bonds is 4. The molecule has 102 valence electrons. The van der Waals surface area contributed by atoms with Gasteiger partial charge in [-0.25, -0.2) is 0 Å². The SMILES string of the molecule is CCC1NCC(=O)N(Cc2ccc(OC)cc2)C1=O. The van der Waals surface area contributed by atoms with Crippen LogP contribution in [0.15, 0.2) is 24.3 Å². The molecule has 1 aliphatic rings. The van der Waals surface area contributed by atoms with Crippen LogP contribution in [0.1, 0.15) is 18.9 Å². The fraction of sp³-hybridized carbons (Fsp3) is 0.429. The number of methoxy groups -OCH3 is 1. The lowest BCUT2D eigenvalue weighted by molar-refractivity contribution is -0.150. The minimum Gasteiger partial charge on any atom is -0.497 e. The summed E-state index contributed by atoms with van der Waals surface area (Å²) in [6.45, 7) is 2.47. The van der Waals surface area contributed by atoms with Gasteiger partial charge >= 0.3 is 0 Å². The van der Waals surface area contributed by atoms with Gasteiger partial charge in [0.1, 0.15) is 5.75 Å². The normalized spacial score (nSPS) is 19.7. The van der Waals surface area contributed by atoms with Crippen molar-refractivity contribution in [3.8, 4) is 5.75 Å². The molecule has 1 aliphatic heterocycles. The average Bonchev–Trinajstić information content (AvgIpc) is 2.44. The first-order valence-electron chi connectivity index (χ1n) is 6.36. The van der Waals surface area contributed by atoms with E-state index >= 15 is 0 Å². The molecule has 1 fully saturated rings. The molecule has 2 amide bonds. The van der Waals surface area contributed by atoms with Gasteiger partial charge in [0.15, 0.2) is 0 Å². The second-order valence-electron chi connectivity index (χ2n) is 4.51. The van der Waals surface area contributed by atoms with E-state index in [1.165, 1.54) is 4.90 Å². The summed E-state index contributed by atoms with van der Waals surface area (Å²) < 4.78 is 5.08. The van der Waals surface area contributed by atoms with Gasteiger partial charge in [-0.3, -0.25) is 19.8 Å². The standard InChI is InChI=1S/C14H18N2O3/c1-3-12-14(18)16(13(17)8-15-12)9-10-4-6-11(19-2)7-5-10/h4-7,12,15H,3,8-9H2,1-2H3. The molecule has 1 aromatic carbocycles. The minimum atomic E-state index is -0.254. The van der Waals surface area contributed by atoms with Crippen molar-refractivity contribution in [2.45, 2.75) is 25.9 Å². The molecule has 0 bridgehead atoms. The number of ether oxygens (including phenoxy) is 1. The van der Waals surface area contributed by atoms with Crippen LogP contribution in [-0.4, -0.2) is 36.4 Å². The zero-order valence-electron chi connectivity index (χ0n) is 11.2. The summed E-state index contributed by atoms with van der Waals surface area (Å²) in [4.78, 5) is 25.2. The van der Waals surface area contributed by atoms with Crippen LogP contribution in [0.4, 0.5) is 0 Å². The average molecular weight is 262 g/mol. The summed E-state index contributed by atoms with van der Waals surface area (Å²) in [5, 5.41) is 2.94. The molecule has 0 radical (unpaired) electrons. The van der Waals surface area contributed by atoms with Gasteiger partial charge in [-0.2, -0.15) is 0 Å². The third-order valence-electron chi connectivity index (χ3n) is 3.27. The molecular weight excluding hydrogens is 244 g/mol. The summed E-state index contributed by atoms with van der Waals surface area (Å²) in [6.07, 6.45) is 0.686. The topological polar surface area (TPSA) is 58.6 Å². The van der Waals surface area contributed by atoms with Gasteiger partial charge in [-0.05, 0) is 24.1 Å². The second kappa shape index (κ2) is 5.84. The Bertz CT molecular complexity index is 470. The highest BCUT2D eigenvalue weighted by molar-refractivity contribution is 6.01. The van der Waals surface area contributed by atoms with Gasteiger partial charge < -0.3 is 4.74 Å². The van der Waals surface area contributed by atoms with E-state index in [9.17, 15) is 9.59 Å². The number of carbonyl (C=O) groups is 2. The maximum atomic E-state index is 12.1. The zero-order valence-corrected chi connectivity index (χ0v) is 11.2. The second-order valence-corrected chi connectivity index (χ2v) is 4.51. The number of piperazine rings is 1. The van der Waals surface area contributed by atoms with E-state index in [0.717, 1.165) is 11.3 Å². The summed E-state index contributed by atoms with van der Waals surface area (Å²) in [7, 11) is 1.60. The van der Waals surface area contributed by atoms with Crippen LogP contribution in [0.2, 0.25) is 0 Å². The number of benzene rings is 1. The molecule has 1 unspecified atom stereocenters. The zero-order chi connectivity index (χ0) is 13.8. The fourth-order valence-corrected chi connectivity index (χ4v) is 2.10. The van der Waals surface area contributed by atoms with Crippen LogP contribution < -0.4 is 10.1 Å². The largest absolute Gasteiger partial charge is 0.497 e. The van der Waals surface area contributed by atoms with Gasteiger partial charge in [-0.15, -0.1) is 0 Å². The van der Waals surface area contributed by atoms with E-state index in [0.29, 0.717) is 13.0 Å². The number of imide groups is 1. The van der Waals surface area contributed by atoms with Crippen LogP contribution in [0, 0.1) is 0 Å². The van der Waals surface area contributed by atoms with E-state index in [1.54, 1.807) is 7.11 Å². The first kappa shape index (κ1) is 13.5. The molecule has 1 saturated heterocycles. The molecule has 1 aromatic rings. The Morgan fingerprint density at radius 3 is 2.58 bits per heavy atom. The molecule has 19 heavy (non-hydrogen) atoms. The van der Waals surface area contributed by atoms with Crippen molar-refractivity contribution in [1.29, 1.82) is 0 Å². The predicted octanol–water partition coefficient (Wildman–Crippen LogP) is 0.932. The molecule has 5 heteroatoms. The Morgan fingerprint density at radius 1 is 1.32 bits per heavy atom.